The van der Waals surface area contributed by atoms with Crippen LogP contribution in [-0.2, 0) is 6.54 Å². The molecular formula is C16H22N4. The Balaban J connectivity index is 1.60. The number of hydrogen-bond donors (Lipinski definition) is 2. The summed E-state index contributed by atoms with van der Waals surface area (Å²) in [6.45, 7) is 3.15. The smallest absolute Gasteiger partial charge is 0.0695 e. The second-order valence-electron chi connectivity index (χ2n) is 5.54. The van der Waals surface area contributed by atoms with E-state index in [1.807, 2.05) is 12.3 Å². The van der Waals surface area contributed by atoms with Crippen molar-refractivity contribution >= 4 is 0 Å². The van der Waals surface area contributed by atoms with E-state index >= 15 is 0 Å². The molecule has 2 aromatic rings. The predicted octanol–water partition coefficient (Wildman–Crippen LogP) is 2.26. The van der Waals surface area contributed by atoms with Gasteiger partial charge in [-0.25, -0.2) is 0 Å². The van der Waals surface area contributed by atoms with Gasteiger partial charge in [-0.3, -0.25) is 5.10 Å². The van der Waals surface area contributed by atoms with Crippen LogP contribution >= 0.6 is 0 Å². The highest BCUT2D eigenvalue weighted by Crippen LogP contribution is 2.20. The van der Waals surface area contributed by atoms with Crippen LogP contribution in [0, 0.1) is 0 Å². The van der Waals surface area contributed by atoms with Crippen molar-refractivity contribution < 1.29 is 0 Å². The molecule has 0 radical (unpaired) electrons. The molecule has 0 spiro atoms. The summed E-state index contributed by atoms with van der Waals surface area (Å²) >= 11 is 0. The molecule has 2 heterocycles. The largest absolute Gasteiger partial charge is 0.311 e. The Morgan fingerprint density at radius 3 is 2.95 bits per heavy atom. The van der Waals surface area contributed by atoms with Crippen LogP contribution in [0.3, 0.4) is 0 Å². The van der Waals surface area contributed by atoms with Crippen LogP contribution in [0.5, 0.6) is 0 Å². The molecular weight excluding hydrogens is 248 g/mol. The van der Waals surface area contributed by atoms with Gasteiger partial charge in [-0.2, -0.15) is 5.10 Å². The second kappa shape index (κ2) is 6.20. The quantitative estimate of drug-likeness (QED) is 0.876. The summed E-state index contributed by atoms with van der Waals surface area (Å²) in [5.41, 5.74) is 3.55. The molecule has 1 aliphatic heterocycles. The van der Waals surface area contributed by atoms with E-state index in [2.05, 4.69) is 51.7 Å². The van der Waals surface area contributed by atoms with E-state index in [0.29, 0.717) is 6.04 Å². The first-order valence-corrected chi connectivity index (χ1v) is 7.33. The molecule has 3 rings (SSSR count). The maximum absolute atomic E-state index is 4.19. The number of likely N-dealkylation sites (tertiary alicyclic amines) is 1. The summed E-state index contributed by atoms with van der Waals surface area (Å²) in [5, 5.41) is 10.9. The minimum Gasteiger partial charge on any atom is -0.311 e. The Morgan fingerprint density at radius 1 is 1.35 bits per heavy atom. The number of rotatable bonds is 5. The molecule has 1 aromatic heterocycles. The highest BCUT2D eigenvalue weighted by molar-refractivity contribution is 5.62. The van der Waals surface area contributed by atoms with E-state index in [1.54, 1.807) is 0 Å². The van der Waals surface area contributed by atoms with Gasteiger partial charge in [-0.1, -0.05) is 30.3 Å². The monoisotopic (exact) mass is 270 g/mol. The van der Waals surface area contributed by atoms with Gasteiger partial charge in [0, 0.05) is 24.7 Å². The van der Waals surface area contributed by atoms with Crippen molar-refractivity contribution in [1.29, 1.82) is 0 Å². The van der Waals surface area contributed by atoms with Crippen molar-refractivity contribution in [3.05, 3.63) is 42.1 Å². The lowest BCUT2D eigenvalue weighted by atomic mass is 10.1. The normalized spacial score (nSPS) is 19.6. The molecule has 0 aliphatic carbocycles. The number of H-pyrrole nitrogens is 1. The van der Waals surface area contributed by atoms with Crippen LogP contribution in [0.1, 0.15) is 18.4 Å². The number of likely N-dealkylation sites (N-methyl/N-ethyl adjacent to an activating group) is 1. The van der Waals surface area contributed by atoms with Crippen LogP contribution in [0.4, 0.5) is 0 Å². The highest BCUT2D eigenvalue weighted by atomic mass is 15.2. The number of aromatic nitrogens is 2. The fourth-order valence-corrected chi connectivity index (χ4v) is 2.91. The molecule has 0 amide bonds. The van der Waals surface area contributed by atoms with E-state index in [1.165, 1.54) is 30.5 Å². The predicted molar refractivity (Wildman–Crippen MR) is 81.4 cm³/mol. The molecule has 2 N–H and O–H groups in total. The molecule has 1 saturated heterocycles. The molecule has 4 heteroatoms. The van der Waals surface area contributed by atoms with Crippen molar-refractivity contribution in [1.82, 2.24) is 20.4 Å². The first-order valence-electron chi connectivity index (χ1n) is 7.33. The summed E-state index contributed by atoms with van der Waals surface area (Å²) in [7, 11) is 2.21. The third-order valence-corrected chi connectivity index (χ3v) is 4.15. The number of nitrogens with zero attached hydrogens (tertiary/aromatic N) is 2. The van der Waals surface area contributed by atoms with Gasteiger partial charge in [-0.15, -0.1) is 0 Å². The molecule has 0 unspecified atom stereocenters. The van der Waals surface area contributed by atoms with E-state index < -0.39 is 0 Å². The lowest BCUT2D eigenvalue weighted by Gasteiger charge is -2.19. The molecule has 106 valence electrons. The highest BCUT2D eigenvalue weighted by Gasteiger charge is 2.20. The maximum Gasteiger partial charge on any atom is 0.0695 e. The molecule has 0 saturated carbocycles. The van der Waals surface area contributed by atoms with Crippen molar-refractivity contribution in [2.45, 2.75) is 25.4 Å². The van der Waals surface area contributed by atoms with E-state index in [0.717, 1.165) is 18.8 Å². The van der Waals surface area contributed by atoms with Gasteiger partial charge in [0.2, 0.25) is 0 Å². The third-order valence-electron chi connectivity index (χ3n) is 4.15. The Bertz CT molecular complexity index is 534. The molecule has 1 atom stereocenters. The maximum atomic E-state index is 4.19. The molecule has 4 nitrogen and oxygen atoms in total. The Labute approximate surface area is 120 Å². The molecule has 1 aromatic carbocycles. The van der Waals surface area contributed by atoms with Crippen molar-refractivity contribution in [2.75, 3.05) is 20.1 Å². The minimum absolute atomic E-state index is 0.682. The first-order chi connectivity index (χ1) is 9.84. The van der Waals surface area contributed by atoms with Crippen LogP contribution in [-0.4, -0.2) is 41.3 Å². The van der Waals surface area contributed by atoms with Crippen LogP contribution < -0.4 is 5.32 Å². The lowest BCUT2D eigenvalue weighted by molar-refractivity contribution is 0.300. The molecule has 0 bridgehead atoms. The second-order valence-corrected chi connectivity index (χ2v) is 5.54. The van der Waals surface area contributed by atoms with Crippen LogP contribution in [0.25, 0.3) is 11.3 Å². The fraction of sp³-hybridized carbons (Fsp3) is 0.438. The zero-order valence-corrected chi connectivity index (χ0v) is 12.0. The van der Waals surface area contributed by atoms with E-state index in [9.17, 15) is 0 Å². The number of hydrogen-bond acceptors (Lipinski definition) is 3. The van der Waals surface area contributed by atoms with Gasteiger partial charge < -0.3 is 10.2 Å². The lowest BCUT2D eigenvalue weighted by Crippen LogP contribution is -2.35. The molecule has 1 fully saturated rings. The number of nitrogens with one attached hydrogen (secondary N) is 2. The fourth-order valence-electron chi connectivity index (χ4n) is 2.91. The standard InChI is InChI=1S/C16H22N4/c1-20-9-5-8-15(20)12-17-10-14-11-18-19-16(14)13-6-3-2-4-7-13/h2-4,6-7,11,15,17H,5,8-10,12H2,1H3,(H,18,19)/t15-/m1/s1. The van der Waals surface area contributed by atoms with Crippen LogP contribution in [0.2, 0.25) is 0 Å². The van der Waals surface area contributed by atoms with Crippen molar-refractivity contribution in [2.24, 2.45) is 0 Å². The number of aromatic amines is 1. The van der Waals surface area contributed by atoms with E-state index in [4.69, 9.17) is 0 Å². The Morgan fingerprint density at radius 2 is 2.20 bits per heavy atom. The molecule has 1 aliphatic rings. The van der Waals surface area contributed by atoms with Gasteiger partial charge in [0.05, 0.1) is 11.9 Å². The number of benzene rings is 1. The zero-order chi connectivity index (χ0) is 13.8. The topological polar surface area (TPSA) is 44.0 Å². The SMILES string of the molecule is CN1CCC[C@@H]1CNCc1cn[nH]c1-c1ccccc1. The zero-order valence-electron chi connectivity index (χ0n) is 12.0. The first kappa shape index (κ1) is 13.3. The summed E-state index contributed by atoms with van der Waals surface area (Å²) in [6.07, 6.45) is 4.55. The van der Waals surface area contributed by atoms with Gasteiger partial charge in [-0.05, 0) is 32.0 Å². The van der Waals surface area contributed by atoms with Gasteiger partial charge in [0.15, 0.2) is 0 Å². The summed E-state index contributed by atoms with van der Waals surface area (Å²) in [6, 6.07) is 11.1. The Kier molecular flexibility index (Phi) is 4.14. The summed E-state index contributed by atoms with van der Waals surface area (Å²) < 4.78 is 0. The summed E-state index contributed by atoms with van der Waals surface area (Å²) in [4.78, 5) is 2.44. The van der Waals surface area contributed by atoms with Crippen molar-refractivity contribution in [3.8, 4) is 11.3 Å². The third kappa shape index (κ3) is 2.92. The van der Waals surface area contributed by atoms with Crippen molar-refractivity contribution in [3.63, 3.8) is 0 Å². The van der Waals surface area contributed by atoms with E-state index in [-0.39, 0.29) is 0 Å². The van der Waals surface area contributed by atoms with Gasteiger partial charge in [0.1, 0.15) is 0 Å². The molecule has 20 heavy (non-hydrogen) atoms. The van der Waals surface area contributed by atoms with Gasteiger partial charge >= 0.3 is 0 Å². The average Bonchev–Trinajstić information content (AvgIpc) is 3.10. The average molecular weight is 270 g/mol. The van der Waals surface area contributed by atoms with Gasteiger partial charge in [0.25, 0.3) is 0 Å². The Hall–Kier alpha value is -1.65. The summed E-state index contributed by atoms with van der Waals surface area (Å²) in [5.74, 6) is 0. The minimum atomic E-state index is 0.682. The van der Waals surface area contributed by atoms with Crippen LogP contribution in [0.15, 0.2) is 36.5 Å².